The van der Waals surface area contributed by atoms with Crippen LogP contribution in [0, 0.1) is 11.8 Å². The van der Waals surface area contributed by atoms with E-state index >= 15 is 0 Å². The van der Waals surface area contributed by atoms with Crippen molar-refractivity contribution in [3.8, 4) is 0 Å². The van der Waals surface area contributed by atoms with Gasteiger partial charge < -0.3 is 10.5 Å². The van der Waals surface area contributed by atoms with Gasteiger partial charge in [0.25, 0.3) is 0 Å². The van der Waals surface area contributed by atoms with Crippen molar-refractivity contribution in [3.63, 3.8) is 0 Å². The summed E-state index contributed by atoms with van der Waals surface area (Å²) in [5.41, 5.74) is 5.91. The molecule has 1 rings (SSSR count). The summed E-state index contributed by atoms with van der Waals surface area (Å²) in [6.45, 7) is 5.33. The lowest BCUT2D eigenvalue weighted by molar-refractivity contribution is -0.0570. The Kier molecular flexibility index (Phi) is 4.02. The van der Waals surface area contributed by atoms with E-state index in [1.165, 1.54) is 25.7 Å². The van der Waals surface area contributed by atoms with Crippen LogP contribution in [0.15, 0.2) is 0 Å². The van der Waals surface area contributed by atoms with Crippen LogP contribution in [0.2, 0.25) is 0 Å². The Bertz CT molecular complexity index is 127. The van der Waals surface area contributed by atoms with Gasteiger partial charge >= 0.3 is 0 Å². The molecule has 12 heavy (non-hydrogen) atoms. The van der Waals surface area contributed by atoms with E-state index in [0.717, 1.165) is 12.5 Å². The second kappa shape index (κ2) is 4.83. The summed E-state index contributed by atoms with van der Waals surface area (Å²) in [7, 11) is 0. The zero-order chi connectivity index (χ0) is 8.97. The Balaban J connectivity index is 2.47. The number of nitrogens with two attached hydrogens (primary N) is 1. The van der Waals surface area contributed by atoms with Gasteiger partial charge in [0.2, 0.25) is 0 Å². The SMILES string of the molecule is CCC[C@@H]1C(CC)CCO[C@H]1N. The lowest BCUT2D eigenvalue weighted by Crippen LogP contribution is -2.42. The molecule has 1 saturated heterocycles. The number of rotatable bonds is 3. The first-order chi connectivity index (χ1) is 5.79. The fraction of sp³-hybridized carbons (Fsp3) is 1.00. The third kappa shape index (κ3) is 2.20. The maximum absolute atomic E-state index is 5.91. The fourth-order valence-corrected chi connectivity index (χ4v) is 2.20. The number of hydrogen-bond donors (Lipinski definition) is 1. The highest BCUT2D eigenvalue weighted by atomic mass is 16.5. The maximum atomic E-state index is 5.91. The second-order valence-corrected chi connectivity index (χ2v) is 3.74. The molecule has 0 aromatic carbocycles. The molecule has 0 bridgehead atoms. The van der Waals surface area contributed by atoms with Crippen LogP contribution >= 0.6 is 0 Å². The van der Waals surface area contributed by atoms with Crippen LogP contribution in [0.3, 0.4) is 0 Å². The van der Waals surface area contributed by atoms with Crippen LogP contribution in [-0.4, -0.2) is 12.8 Å². The summed E-state index contributed by atoms with van der Waals surface area (Å²) in [4.78, 5) is 0. The molecule has 0 aromatic rings. The molecule has 0 amide bonds. The zero-order valence-electron chi connectivity index (χ0n) is 8.25. The molecule has 3 atom stereocenters. The highest BCUT2D eigenvalue weighted by molar-refractivity contribution is 4.77. The van der Waals surface area contributed by atoms with Crippen LogP contribution in [-0.2, 0) is 4.74 Å². The molecule has 1 unspecified atom stereocenters. The minimum atomic E-state index is 0.00338. The smallest absolute Gasteiger partial charge is 0.108 e. The van der Waals surface area contributed by atoms with E-state index in [4.69, 9.17) is 10.5 Å². The molecule has 72 valence electrons. The van der Waals surface area contributed by atoms with Gasteiger partial charge in [-0.2, -0.15) is 0 Å². The highest BCUT2D eigenvalue weighted by Gasteiger charge is 2.29. The van der Waals surface area contributed by atoms with Crippen molar-refractivity contribution in [2.24, 2.45) is 17.6 Å². The topological polar surface area (TPSA) is 35.2 Å². The van der Waals surface area contributed by atoms with Crippen LogP contribution in [0.25, 0.3) is 0 Å². The minimum absolute atomic E-state index is 0.00338. The van der Waals surface area contributed by atoms with Gasteiger partial charge in [0.1, 0.15) is 6.23 Å². The molecule has 1 heterocycles. The molecule has 1 aliphatic heterocycles. The Labute approximate surface area is 75.5 Å². The Morgan fingerprint density at radius 1 is 1.42 bits per heavy atom. The third-order valence-electron chi connectivity index (χ3n) is 2.97. The molecular weight excluding hydrogens is 150 g/mol. The lowest BCUT2D eigenvalue weighted by atomic mass is 9.82. The van der Waals surface area contributed by atoms with Crippen LogP contribution in [0.1, 0.15) is 39.5 Å². The van der Waals surface area contributed by atoms with E-state index in [1.807, 2.05) is 0 Å². The van der Waals surface area contributed by atoms with E-state index in [2.05, 4.69) is 13.8 Å². The summed E-state index contributed by atoms with van der Waals surface area (Å²) >= 11 is 0. The molecule has 0 aromatic heterocycles. The van der Waals surface area contributed by atoms with Crippen molar-refractivity contribution in [3.05, 3.63) is 0 Å². The number of ether oxygens (including phenoxy) is 1. The molecule has 0 aliphatic carbocycles. The summed E-state index contributed by atoms with van der Waals surface area (Å²) in [6, 6.07) is 0. The van der Waals surface area contributed by atoms with Gasteiger partial charge in [-0.05, 0) is 18.8 Å². The van der Waals surface area contributed by atoms with Gasteiger partial charge in [-0.1, -0.05) is 26.7 Å². The standard InChI is InChI=1S/C10H21NO/c1-3-5-9-8(4-2)6-7-12-10(9)11/h8-10H,3-7,11H2,1-2H3/t8?,9-,10-/m1/s1. The second-order valence-electron chi connectivity index (χ2n) is 3.74. The quantitative estimate of drug-likeness (QED) is 0.706. The minimum Gasteiger partial charge on any atom is -0.363 e. The largest absolute Gasteiger partial charge is 0.363 e. The summed E-state index contributed by atoms with van der Waals surface area (Å²) < 4.78 is 5.45. The van der Waals surface area contributed by atoms with Crippen molar-refractivity contribution < 1.29 is 4.74 Å². The fourth-order valence-electron chi connectivity index (χ4n) is 2.20. The summed E-state index contributed by atoms with van der Waals surface area (Å²) in [5.74, 6) is 1.41. The molecule has 1 fully saturated rings. The van der Waals surface area contributed by atoms with Gasteiger partial charge in [0.15, 0.2) is 0 Å². The molecule has 2 N–H and O–H groups in total. The van der Waals surface area contributed by atoms with Gasteiger partial charge in [-0.15, -0.1) is 0 Å². The Morgan fingerprint density at radius 2 is 2.17 bits per heavy atom. The maximum Gasteiger partial charge on any atom is 0.108 e. The van der Waals surface area contributed by atoms with E-state index in [1.54, 1.807) is 0 Å². The average molecular weight is 171 g/mol. The summed E-state index contributed by atoms with van der Waals surface area (Å²) in [6.07, 6.45) is 4.90. The van der Waals surface area contributed by atoms with E-state index in [0.29, 0.717) is 5.92 Å². The Hall–Kier alpha value is -0.0800. The van der Waals surface area contributed by atoms with Crippen LogP contribution < -0.4 is 5.73 Å². The first-order valence-corrected chi connectivity index (χ1v) is 5.16. The predicted molar refractivity (Wildman–Crippen MR) is 50.7 cm³/mol. The molecule has 2 nitrogen and oxygen atoms in total. The molecule has 0 radical (unpaired) electrons. The van der Waals surface area contributed by atoms with Gasteiger partial charge in [-0.3, -0.25) is 0 Å². The van der Waals surface area contributed by atoms with Crippen molar-refractivity contribution in [1.82, 2.24) is 0 Å². The predicted octanol–water partition coefficient (Wildman–Crippen LogP) is 2.13. The summed E-state index contributed by atoms with van der Waals surface area (Å²) in [5, 5.41) is 0. The van der Waals surface area contributed by atoms with Crippen molar-refractivity contribution in [1.29, 1.82) is 0 Å². The van der Waals surface area contributed by atoms with Gasteiger partial charge in [-0.25, -0.2) is 0 Å². The van der Waals surface area contributed by atoms with Gasteiger partial charge in [0, 0.05) is 12.5 Å². The van der Waals surface area contributed by atoms with Crippen molar-refractivity contribution in [2.45, 2.75) is 45.8 Å². The first kappa shape index (κ1) is 10.0. The number of hydrogen-bond acceptors (Lipinski definition) is 2. The lowest BCUT2D eigenvalue weighted by Gasteiger charge is -2.35. The Morgan fingerprint density at radius 3 is 2.75 bits per heavy atom. The monoisotopic (exact) mass is 171 g/mol. The molecule has 1 aliphatic rings. The molecule has 0 spiro atoms. The third-order valence-corrected chi connectivity index (χ3v) is 2.97. The first-order valence-electron chi connectivity index (χ1n) is 5.16. The normalized spacial score (nSPS) is 36.8. The van der Waals surface area contributed by atoms with Crippen LogP contribution in [0.5, 0.6) is 0 Å². The van der Waals surface area contributed by atoms with Crippen molar-refractivity contribution in [2.75, 3.05) is 6.61 Å². The van der Waals surface area contributed by atoms with E-state index < -0.39 is 0 Å². The van der Waals surface area contributed by atoms with Crippen molar-refractivity contribution >= 4 is 0 Å². The van der Waals surface area contributed by atoms with E-state index in [9.17, 15) is 0 Å². The average Bonchev–Trinajstić information content (AvgIpc) is 2.09. The van der Waals surface area contributed by atoms with E-state index in [-0.39, 0.29) is 6.23 Å². The molecule has 0 saturated carbocycles. The highest BCUT2D eigenvalue weighted by Crippen LogP contribution is 2.30. The molecule has 2 heteroatoms. The zero-order valence-corrected chi connectivity index (χ0v) is 8.25. The van der Waals surface area contributed by atoms with Gasteiger partial charge in [0.05, 0.1) is 0 Å². The molecular formula is C10H21NO. The van der Waals surface area contributed by atoms with Crippen LogP contribution in [0.4, 0.5) is 0 Å².